The van der Waals surface area contributed by atoms with E-state index in [-0.39, 0.29) is 18.6 Å². The molecule has 0 amide bonds. The fourth-order valence-electron chi connectivity index (χ4n) is 3.64. The third kappa shape index (κ3) is 1.37. The number of imidazole rings is 1. The number of hydrogen-bond donors (Lipinski definition) is 2. The smallest absolute Gasteiger partial charge is 0.165 e. The highest BCUT2D eigenvalue weighted by atomic mass is 16.3. The van der Waals surface area contributed by atoms with Crippen molar-refractivity contribution in [1.29, 1.82) is 0 Å². The Balaban J connectivity index is 1.87. The van der Waals surface area contributed by atoms with Crippen LogP contribution in [0, 0.1) is 17.8 Å². The summed E-state index contributed by atoms with van der Waals surface area (Å²) < 4.78 is 2.06. The number of hydrogen-bond acceptors (Lipinski definition) is 5. The maximum atomic E-state index is 9.66. The van der Waals surface area contributed by atoms with Crippen LogP contribution in [0.4, 0.5) is 5.82 Å². The molecule has 0 radical (unpaired) electrons. The van der Waals surface area contributed by atoms with Crippen molar-refractivity contribution in [2.45, 2.75) is 12.5 Å². The highest BCUT2D eigenvalue weighted by Crippen LogP contribution is 2.50. The molecule has 2 aliphatic rings. The van der Waals surface area contributed by atoms with Gasteiger partial charge in [-0.15, -0.1) is 0 Å². The van der Waals surface area contributed by atoms with Crippen LogP contribution in [0.1, 0.15) is 12.5 Å². The normalized spacial score (nSPS) is 32.5. The van der Waals surface area contributed by atoms with Gasteiger partial charge in [0, 0.05) is 18.6 Å². The number of fused-ring (bicyclic) bond motifs is 3. The Morgan fingerprint density at radius 2 is 2.11 bits per heavy atom. The van der Waals surface area contributed by atoms with Crippen LogP contribution in [0.15, 0.2) is 24.8 Å². The molecule has 4 rings (SSSR count). The Morgan fingerprint density at radius 1 is 1.26 bits per heavy atom. The van der Waals surface area contributed by atoms with Crippen molar-refractivity contribution in [3.8, 4) is 0 Å². The van der Waals surface area contributed by atoms with Crippen LogP contribution in [0.2, 0.25) is 0 Å². The van der Waals surface area contributed by atoms with Gasteiger partial charge in [0.25, 0.3) is 0 Å². The van der Waals surface area contributed by atoms with Gasteiger partial charge in [-0.05, 0) is 18.3 Å². The Labute approximate surface area is 110 Å². The topological polar surface area (TPSA) is 89.9 Å². The molecule has 98 valence electrons. The molecule has 6 heteroatoms. The lowest BCUT2D eigenvalue weighted by atomic mass is 9.89. The monoisotopic (exact) mass is 257 g/mol. The Hall–Kier alpha value is -1.95. The van der Waals surface area contributed by atoms with Crippen molar-refractivity contribution in [3.63, 3.8) is 0 Å². The number of aliphatic hydroxyl groups excluding tert-OH is 1. The van der Waals surface area contributed by atoms with Gasteiger partial charge in [-0.2, -0.15) is 0 Å². The molecule has 0 aromatic carbocycles. The van der Waals surface area contributed by atoms with Crippen molar-refractivity contribution >= 4 is 17.0 Å². The predicted molar refractivity (Wildman–Crippen MR) is 70.1 cm³/mol. The van der Waals surface area contributed by atoms with E-state index in [0.29, 0.717) is 23.2 Å². The molecule has 1 saturated carbocycles. The zero-order valence-corrected chi connectivity index (χ0v) is 10.3. The van der Waals surface area contributed by atoms with E-state index in [1.165, 1.54) is 6.33 Å². The number of rotatable bonds is 2. The van der Waals surface area contributed by atoms with Gasteiger partial charge in [0.2, 0.25) is 0 Å². The molecule has 0 aliphatic heterocycles. The third-order valence-corrected chi connectivity index (χ3v) is 4.50. The Bertz CT molecular complexity index is 664. The van der Waals surface area contributed by atoms with Crippen LogP contribution in [-0.4, -0.2) is 31.2 Å². The number of nitrogen functional groups attached to an aromatic ring is 1. The first-order valence-electron chi connectivity index (χ1n) is 6.52. The average Bonchev–Trinajstić information content (AvgIpc) is 3.11. The second-order valence-corrected chi connectivity index (χ2v) is 5.37. The molecule has 4 atom stereocenters. The molecular weight excluding hydrogens is 242 g/mol. The van der Waals surface area contributed by atoms with Crippen LogP contribution >= 0.6 is 0 Å². The summed E-state index contributed by atoms with van der Waals surface area (Å²) in [5.41, 5.74) is 7.23. The fraction of sp³-hybridized carbons (Fsp3) is 0.462. The molecule has 0 saturated heterocycles. The highest BCUT2D eigenvalue weighted by molar-refractivity contribution is 5.81. The van der Waals surface area contributed by atoms with Crippen molar-refractivity contribution < 1.29 is 5.11 Å². The van der Waals surface area contributed by atoms with E-state index in [0.717, 1.165) is 12.1 Å². The minimum absolute atomic E-state index is 0.191. The van der Waals surface area contributed by atoms with Crippen LogP contribution < -0.4 is 5.73 Å². The van der Waals surface area contributed by atoms with Gasteiger partial charge in [0.15, 0.2) is 11.5 Å². The van der Waals surface area contributed by atoms with E-state index in [1.807, 2.05) is 0 Å². The van der Waals surface area contributed by atoms with E-state index in [1.54, 1.807) is 6.33 Å². The highest BCUT2D eigenvalue weighted by Gasteiger charge is 2.45. The third-order valence-electron chi connectivity index (χ3n) is 4.50. The minimum atomic E-state index is 0.191. The number of nitrogens with two attached hydrogens (primary N) is 1. The molecule has 2 heterocycles. The summed E-state index contributed by atoms with van der Waals surface area (Å²) >= 11 is 0. The van der Waals surface area contributed by atoms with E-state index >= 15 is 0 Å². The van der Waals surface area contributed by atoms with E-state index < -0.39 is 0 Å². The minimum Gasteiger partial charge on any atom is -0.396 e. The van der Waals surface area contributed by atoms with Crippen LogP contribution in [0.5, 0.6) is 0 Å². The first-order valence-corrected chi connectivity index (χ1v) is 6.52. The van der Waals surface area contributed by atoms with Gasteiger partial charge in [-0.25, -0.2) is 15.0 Å². The number of anilines is 1. The molecule has 3 N–H and O–H groups in total. The van der Waals surface area contributed by atoms with Gasteiger partial charge in [-0.3, -0.25) is 0 Å². The lowest BCUT2D eigenvalue weighted by Gasteiger charge is -2.27. The molecule has 2 aromatic rings. The second kappa shape index (κ2) is 3.77. The van der Waals surface area contributed by atoms with Crippen molar-refractivity contribution in [2.24, 2.45) is 17.8 Å². The summed E-state index contributed by atoms with van der Waals surface area (Å²) in [6, 6.07) is 0.222. The molecule has 2 aliphatic carbocycles. The maximum Gasteiger partial charge on any atom is 0.165 e. The maximum absolute atomic E-state index is 9.66. The summed E-state index contributed by atoms with van der Waals surface area (Å²) in [6.07, 6.45) is 8.82. The molecular formula is C13H15N5O. The van der Waals surface area contributed by atoms with Gasteiger partial charge < -0.3 is 15.4 Å². The summed E-state index contributed by atoms with van der Waals surface area (Å²) in [4.78, 5) is 12.6. The van der Waals surface area contributed by atoms with Gasteiger partial charge in [0.1, 0.15) is 11.8 Å². The van der Waals surface area contributed by atoms with Crippen LogP contribution in [-0.2, 0) is 0 Å². The SMILES string of the molecule is Nc1ncnc2c1ncn2[C@H]1[C@H](CO)[C@@H]2C=C[C@H]1C2. The van der Waals surface area contributed by atoms with E-state index in [2.05, 4.69) is 31.7 Å². The summed E-state index contributed by atoms with van der Waals surface area (Å²) in [7, 11) is 0. The van der Waals surface area contributed by atoms with Gasteiger partial charge in [-0.1, -0.05) is 12.2 Å². The van der Waals surface area contributed by atoms with Gasteiger partial charge >= 0.3 is 0 Å². The summed E-state index contributed by atoms with van der Waals surface area (Å²) in [5, 5.41) is 9.66. The zero-order valence-electron chi connectivity index (χ0n) is 10.3. The molecule has 1 fully saturated rings. The first-order chi connectivity index (χ1) is 9.29. The van der Waals surface area contributed by atoms with Crippen molar-refractivity contribution in [3.05, 3.63) is 24.8 Å². The number of nitrogens with zero attached hydrogens (tertiary/aromatic N) is 4. The summed E-state index contributed by atoms with van der Waals surface area (Å²) in [6.45, 7) is 0.191. The number of aliphatic hydroxyl groups is 1. The Kier molecular flexibility index (Phi) is 2.17. The lowest BCUT2D eigenvalue weighted by Crippen LogP contribution is -2.26. The molecule has 19 heavy (non-hydrogen) atoms. The molecule has 2 bridgehead atoms. The van der Waals surface area contributed by atoms with E-state index in [9.17, 15) is 5.11 Å². The van der Waals surface area contributed by atoms with Crippen LogP contribution in [0.25, 0.3) is 11.2 Å². The fourth-order valence-corrected chi connectivity index (χ4v) is 3.64. The molecule has 0 spiro atoms. The van der Waals surface area contributed by atoms with Crippen LogP contribution in [0.3, 0.4) is 0 Å². The Morgan fingerprint density at radius 3 is 2.95 bits per heavy atom. The standard InChI is InChI=1S/C13H15N5O/c14-12-10-13(16-5-15-12)18(6-17-10)11-8-2-1-7(3-8)9(11)4-19/h1-2,5-9,11,19H,3-4H2,(H2,14,15,16)/t7-,8+,9-,11-/m1/s1. The number of allylic oxidation sites excluding steroid dienone is 2. The first kappa shape index (κ1) is 10.9. The van der Waals surface area contributed by atoms with Gasteiger partial charge in [0.05, 0.1) is 6.33 Å². The quantitative estimate of drug-likeness (QED) is 0.775. The molecule has 0 unspecified atom stereocenters. The predicted octanol–water partition coefficient (Wildman–Crippen LogP) is 0.764. The van der Waals surface area contributed by atoms with E-state index in [4.69, 9.17) is 5.73 Å². The zero-order chi connectivity index (χ0) is 13.0. The largest absolute Gasteiger partial charge is 0.396 e. The average molecular weight is 257 g/mol. The molecule has 2 aromatic heterocycles. The number of aromatic nitrogens is 4. The van der Waals surface area contributed by atoms with Crippen molar-refractivity contribution in [1.82, 2.24) is 19.5 Å². The molecule has 6 nitrogen and oxygen atoms in total. The van der Waals surface area contributed by atoms with Crippen molar-refractivity contribution in [2.75, 3.05) is 12.3 Å². The lowest BCUT2D eigenvalue weighted by molar-refractivity contribution is 0.168. The summed E-state index contributed by atoms with van der Waals surface area (Å²) in [5.74, 6) is 1.57. The second-order valence-electron chi connectivity index (χ2n) is 5.37.